The van der Waals surface area contributed by atoms with Crippen LogP contribution in [0.2, 0.25) is 0 Å². The van der Waals surface area contributed by atoms with Gasteiger partial charge in [0, 0.05) is 12.6 Å². The highest BCUT2D eigenvalue weighted by Gasteiger charge is 2.25. The molecule has 168 valence electrons. The molecule has 11 heteroatoms. The van der Waals surface area contributed by atoms with Crippen molar-refractivity contribution in [2.24, 2.45) is 0 Å². The van der Waals surface area contributed by atoms with Gasteiger partial charge in [-0.3, -0.25) is 14.5 Å². The number of carboxylic acids is 1. The Morgan fingerprint density at radius 1 is 1.13 bits per heavy atom. The van der Waals surface area contributed by atoms with Crippen molar-refractivity contribution in [3.8, 4) is 11.5 Å². The number of halogens is 4. The van der Waals surface area contributed by atoms with E-state index < -0.39 is 37.9 Å². The molecule has 7 nitrogen and oxygen atoms in total. The summed E-state index contributed by atoms with van der Waals surface area (Å²) in [5.74, 6) is -1.80. The topological polar surface area (TPSA) is 88.1 Å². The van der Waals surface area contributed by atoms with Crippen molar-refractivity contribution in [2.45, 2.75) is 38.2 Å². The van der Waals surface area contributed by atoms with Crippen LogP contribution >= 0.6 is 0 Å². The number of nitrogens with zero attached hydrogens (tertiary/aromatic N) is 1. The minimum absolute atomic E-state index is 0.0324. The van der Waals surface area contributed by atoms with Crippen LogP contribution in [0.5, 0.6) is 11.5 Å². The number of piperidine rings is 1. The van der Waals surface area contributed by atoms with Crippen LogP contribution < -0.4 is 14.8 Å². The van der Waals surface area contributed by atoms with Gasteiger partial charge in [-0.05, 0) is 37.6 Å². The summed E-state index contributed by atoms with van der Waals surface area (Å²) in [5, 5.41) is 11.7. The van der Waals surface area contributed by atoms with Gasteiger partial charge in [-0.1, -0.05) is 6.42 Å². The van der Waals surface area contributed by atoms with Crippen molar-refractivity contribution in [1.29, 1.82) is 0 Å². The average Bonchev–Trinajstić information content (AvgIpc) is 2.69. The molecule has 0 radical (unpaired) electrons. The summed E-state index contributed by atoms with van der Waals surface area (Å²) in [5.41, 5.74) is -0.136. The van der Waals surface area contributed by atoms with Gasteiger partial charge in [0.15, 0.2) is 0 Å². The number of benzene rings is 1. The van der Waals surface area contributed by atoms with Crippen LogP contribution in [0.15, 0.2) is 18.2 Å². The Kier molecular flexibility index (Phi) is 9.15. The summed E-state index contributed by atoms with van der Waals surface area (Å²) >= 11 is 0. The SMILES string of the molecule is O=C(O)CN1CCCC[C@@H]1CNC(=O)c1cc(OCC(F)F)ccc1OCC(F)F. The third-order valence-electron chi connectivity index (χ3n) is 4.52. The molecule has 1 fully saturated rings. The molecule has 1 aliphatic rings. The largest absolute Gasteiger partial charge is 0.488 e. The van der Waals surface area contributed by atoms with Gasteiger partial charge in [0.2, 0.25) is 0 Å². The molecule has 1 aromatic carbocycles. The second-order valence-electron chi connectivity index (χ2n) is 6.79. The number of hydrogen-bond acceptors (Lipinski definition) is 5. The first-order valence-electron chi connectivity index (χ1n) is 9.46. The number of aliphatic carboxylic acids is 1. The van der Waals surface area contributed by atoms with Crippen LogP contribution in [0.4, 0.5) is 17.6 Å². The van der Waals surface area contributed by atoms with Gasteiger partial charge in [0.25, 0.3) is 18.8 Å². The lowest BCUT2D eigenvalue weighted by Gasteiger charge is -2.34. The Balaban J connectivity index is 2.09. The van der Waals surface area contributed by atoms with E-state index in [2.05, 4.69) is 5.32 Å². The van der Waals surface area contributed by atoms with Crippen LogP contribution in [-0.2, 0) is 4.79 Å². The average molecular weight is 436 g/mol. The summed E-state index contributed by atoms with van der Waals surface area (Å²) in [6, 6.07) is 3.40. The summed E-state index contributed by atoms with van der Waals surface area (Å²) in [6.45, 7) is -1.24. The lowest BCUT2D eigenvalue weighted by Crippen LogP contribution is -2.48. The molecule has 30 heavy (non-hydrogen) atoms. The molecule has 1 aliphatic heterocycles. The molecular weight excluding hydrogens is 412 g/mol. The fraction of sp³-hybridized carbons (Fsp3) is 0.579. The first-order chi connectivity index (χ1) is 14.3. The predicted octanol–water partition coefficient (Wildman–Crippen LogP) is 2.64. The van der Waals surface area contributed by atoms with E-state index in [1.807, 2.05) is 0 Å². The Morgan fingerprint density at radius 3 is 2.50 bits per heavy atom. The maximum absolute atomic E-state index is 12.7. The zero-order valence-electron chi connectivity index (χ0n) is 16.2. The number of carbonyl (C=O) groups is 2. The van der Waals surface area contributed by atoms with Gasteiger partial charge in [0.1, 0.15) is 24.7 Å². The second-order valence-corrected chi connectivity index (χ2v) is 6.79. The molecule has 1 amide bonds. The van der Waals surface area contributed by atoms with Crippen LogP contribution in [0.25, 0.3) is 0 Å². The Bertz CT molecular complexity index is 720. The molecule has 1 atom stereocenters. The zero-order chi connectivity index (χ0) is 22.1. The van der Waals surface area contributed by atoms with Crippen molar-refractivity contribution >= 4 is 11.9 Å². The predicted molar refractivity (Wildman–Crippen MR) is 98.6 cm³/mol. The number of likely N-dealkylation sites (tertiary alicyclic amines) is 1. The maximum atomic E-state index is 12.7. The Hall–Kier alpha value is -2.56. The molecule has 1 aromatic rings. The first kappa shape index (κ1) is 23.7. The number of alkyl halides is 4. The van der Waals surface area contributed by atoms with E-state index in [1.165, 1.54) is 12.1 Å². The number of nitrogens with one attached hydrogen (secondary N) is 1. The minimum atomic E-state index is -2.76. The number of amides is 1. The third kappa shape index (κ3) is 7.69. The fourth-order valence-electron chi connectivity index (χ4n) is 3.19. The summed E-state index contributed by atoms with van der Waals surface area (Å²) < 4.78 is 59.6. The number of ether oxygens (including phenoxy) is 2. The first-order valence-corrected chi connectivity index (χ1v) is 9.46. The molecule has 0 aliphatic carbocycles. The number of rotatable bonds is 11. The fourth-order valence-corrected chi connectivity index (χ4v) is 3.19. The van der Waals surface area contributed by atoms with E-state index in [-0.39, 0.29) is 36.2 Å². The van der Waals surface area contributed by atoms with Gasteiger partial charge in [0.05, 0.1) is 12.1 Å². The van der Waals surface area contributed by atoms with Crippen LogP contribution in [0.3, 0.4) is 0 Å². The molecule has 0 bridgehead atoms. The van der Waals surface area contributed by atoms with E-state index in [9.17, 15) is 27.2 Å². The monoisotopic (exact) mass is 436 g/mol. The van der Waals surface area contributed by atoms with E-state index >= 15 is 0 Å². The van der Waals surface area contributed by atoms with E-state index in [0.717, 1.165) is 18.9 Å². The van der Waals surface area contributed by atoms with Crippen molar-refractivity contribution < 1.29 is 41.7 Å². The summed E-state index contributed by atoms with van der Waals surface area (Å²) in [7, 11) is 0. The van der Waals surface area contributed by atoms with Gasteiger partial charge in [-0.25, -0.2) is 17.6 Å². The minimum Gasteiger partial charge on any atom is -0.488 e. The molecule has 1 saturated heterocycles. The molecule has 2 N–H and O–H groups in total. The standard InChI is InChI=1S/C19H24F4N2O5/c20-16(21)10-29-13-4-5-15(30-11-17(22)23)14(7-13)19(28)24-8-12-3-1-2-6-25(12)9-18(26)27/h4-5,7,12,16-17H,1-3,6,8-11H2,(H,24,28)(H,26,27)/t12-/m1/s1. The van der Waals surface area contributed by atoms with Gasteiger partial charge in [-0.2, -0.15) is 0 Å². The van der Waals surface area contributed by atoms with Gasteiger partial charge < -0.3 is 19.9 Å². The van der Waals surface area contributed by atoms with Crippen molar-refractivity contribution in [3.05, 3.63) is 23.8 Å². The normalized spacial score (nSPS) is 17.2. The summed E-state index contributed by atoms with van der Waals surface area (Å²) in [4.78, 5) is 25.4. The number of carbonyl (C=O) groups excluding carboxylic acids is 1. The van der Waals surface area contributed by atoms with E-state index in [4.69, 9.17) is 14.6 Å². The van der Waals surface area contributed by atoms with Crippen molar-refractivity contribution in [1.82, 2.24) is 10.2 Å². The molecule has 2 rings (SSSR count). The Labute approximate surface area is 170 Å². The smallest absolute Gasteiger partial charge is 0.317 e. The molecule has 0 saturated carbocycles. The third-order valence-corrected chi connectivity index (χ3v) is 4.52. The Morgan fingerprint density at radius 2 is 1.83 bits per heavy atom. The number of hydrogen-bond donors (Lipinski definition) is 2. The highest BCUT2D eigenvalue weighted by molar-refractivity contribution is 5.97. The molecule has 1 heterocycles. The number of carboxylic acid groups (broad SMARTS) is 1. The van der Waals surface area contributed by atoms with E-state index in [1.54, 1.807) is 4.90 Å². The van der Waals surface area contributed by atoms with Crippen LogP contribution in [0, 0.1) is 0 Å². The molecule has 0 spiro atoms. The van der Waals surface area contributed by atoms with E-state index in [0.29, 0.717) is 13.0 Å². The highest BCUT2D eigenvalue weighted by atomic mass is 19.3. The molecule has 0 aromatic heterocycles. The van der Waals surface area contributed by atoms with Crippen molar-refractivity contribution in [3.63, 3.8) is 0 Å². The quantitative estimate of drug-likeness (QED) is 0.519. The highest BCUT2D eigenvalue weighted by Crippen LogP contribution is 2.25. The molecule has 0 unspecified atom stereocenters. The van der Waals surface area contributed by atoms with Crippen molar-refractivity contribution in [2.75, 3.05) is 32.8 Å². The second kappa shape index (κ2) is 11.6. The van der Waals surface area contributed by atoms with Crippen LogP contribution in [-0.4, -0.2) is 73.6 Å². The van der Waals surface area contributed by atoms with Gasteiger partial charge in [-0.15, -0.1) is 0 Å². The van der Waals surface area contributed by atoms with Gasteiger partial charge >= 0.3 is 5.97 Å². The lowest BCUT2D eigenvalue weighted by molar-refractivity contribution is -0.139. The summed E-state index contributed by atoms with van der Waals surface area (Å²) in [6.07, 6.45) is -3.05. The maximum Gasteiger partial charge on any atom is 0.317 e. The lowest BCUT2D eigenvalue weighted by atomic mass is 10.0. The van der Waals surface area contributed by atoms with Crippen LogP contribution in [0.1, 0.15) is 29.6 Å². The molecular formula is C19H24F4N2O5. The zero-order valence-corrected chi connectivity index (χ0v) is 16.2.